The van der Waals surface area contributed by atoms with Crippen LogP contribution in [0.25, 0.3) is 0 Å². The van der Waals surface area contributed by atoms with Crippen molar-refractivity contribution >= 4 is 23.5 Å². The first kappa shape index (κ1) is 18.4. The molecule has 2 heterocycles. The lowest BCUT2D eigenvalue weighted by Crippen LogP contribution is -2.48. The summed E-state index contributed by atoms with van der Waals surface area (Å²) in [4.78, 5) is 30.1. The summed E-state index contributed by atoms with van der Waals surface area (Å²) in [5, 5.41) is 9.76. The highest BCUT2D eigenvalue weighted by Crippen LogP contribution is 2.24. The summed E-state index contributed by atoms with van der Waals surface area (Å²) in [5.41, 5.74) is 1.34. The monoisotopic (exact) mass is 347 g/mol. The molecule has 0 N–H and O–H groups in total. The van der Waals surface area contributed by atoms with Gasteiger partial charge in [-0.3, -0.25) is 9.59 Å². The Hall–Kier alpha value is -1.91. The number of rotatable bonds is 4. The number of nitriles is 1. The number of ketones is 1. The van der Waals surface area contributed by atoms with Gasteiger partial charge in [0.1, 0.15) is 11.1 Å². The molecule has 0 saturated carbocycles. The normalized spacial score (nSPS) is 20.5. The van der Waals surface area contributed by atoms with Gasteiger partial charge >= 0.3 is 0 Å². The summed E-state index contributed by atoms with van der Waals surface area (Å²) >= 11 is 1.23. The van der Waals surface area contributed by atoms with E-state index in [0.29, 0.717) is 34.9 Å². The molecule has 1 aromatic heterocycles. The van der Waals surface area contributed by atoms with Crippen LogP contribution in [0.3, 0.4) is 0 Å². The van der Waals surface area contributed by atoms with E-state index in [4.69, 9.17) is 4.74 Å². The molecule has 6 nitrogen and oxygen atoms in total. The van der Waals surface area contributed by atoms with E-state index in [1.165, 1.54) is 18.7 Å². The summed E-state index contributed by atoms with van der Waals surface area (Å²) in [6.45, 7) is 8.22. The first-order chi connectivity index (χ1) is 11.3. The van der Waals surface area contributed by atoms with Gasteiger partial charge in [0.05, 0.1) is 23.5 Å². The maximum atomic E-state index is 12.4. The van der Waals surface area contributed by atoms with Gasteiger partial charge in [-0.1, -0.05) is 11.8 Å². The first-order valence-corrected chi connectivity index (χ1v) is 8.79. The Kier molecular flexibility index (Phi) is 5.97. The maximum absolute atomic E-state index is 12.4. The quantitative estimate of drug-likeness (QED) is 0.613. The maximum Gasteiger partial charge on any atom is 0.233 e. The van der Waals surface area contributed by atoms with Gasteiger partial charge in [0.25, 0.3) is 0 Å². The van der Waals surface area contributed by atoms with Crippen LogP contribution in [0.15, 0.2) is 11.1 Å². The van der Waals surface area contributed by atoms with Gasteiger partial charge in [-0.2, -0.15) is 5.26 Å². The minimum Gasteiger partial charge on any atom is -0.372 e. The number of thioether (sulfide) groups is 1. The number of morpholine rings is 1. The van der Waals surface area contributed by atoms with Crippen molar-refractivity contribution in [1.29, 1.82) is 5.26 Å². The van der Waals surface area contributed by atoms with Crippen LogP contribution < -0.4 is 0 Å². The van der Waals surface area contributed by atoms with Gasteiger partial charge in [0.2, 0.25) is 5.91 Å². The summed E-state index contributed by atoms with van der Waals surface area (Å²) in [6.07, 6.45) is 0.0418. The highest BCUT2D eigenvalue weighted by Gasteiger charge is 2.26. The third-order valence-electron chi connectivity index (χ3n) is 3.78. The Morgan fingerprint density at radius 3 is 2.58 bits per heavy atom. The van der Waals surface area contributed by atoms with Crippen molar-refractivity contribution < 1.29 is 14.3 Å². The van der Waals surface area contributed by atoms with Crippen molar-refractivity contribution in [2.45, 2.75) is 44.9 Å². The second-order valence-electron chi connectivity index (χ2n) is 5.99. The third-order valence-corrected chi connectivity index (χ3v) is 4.76. The van der Waals surface area contributed by atoms with E-state index in [-0.39, 0.29) is 29.7 Å². The lowest BCUT2D eigenvalue weighted by molar-refractivity contribution is -0.140. The van der Waals surface area contributed by atoms with E-state index in [1.54, 1.807) is 17.9 Å². The van der Waals surface area contributed by atoms with Crippen LogP contribution in [0.1, 0.15) is 42.4 Å². The third kappa shape index (κ3) is 4.34. The number of pyridine rings is 1. The molecule has 7 heteroatoms. The largest absolute Gasteiger partial charge is 0.372 e. The Labute approximate surface area is 146 Å². The van der Waals surface area contributed by atoms with E-state index in [9.17, 15) is 14.9 Å². The highest BCUT2D eigenvalue weighted by atomic mass is 32.2. The van der Waals surface area contributed by atoms with Crippen molar-refractivity contribution in [2.24, 2.45) is 0 Å². The van der Waals surface area contributed by atoms with E-state index >= 15 is 0 Å². The highest BCUT2D eigenvalue weighted by molar-refractivity contribution is 7.99. The molecule has 1 fully saturated rings. The van der Waals surface area contributed by atoms with Crippen LogP contribution in [0.2, 0.25) is 0 Å². The number of nitrogens with zero attached hydrogens (tertiary/aromatic N) is 3. The number of hydrogen-bond acceptors (Lipinski definition) is 6. The zero-order valence-corrected chi connectivity index (χ0v) is 15.1. The van der Waals surface area contributed by atoms with Crippen molar-refractivity contribution in [3.8, 4) is 6.07 Å². The Bertz CT molecular complexity index is 689. The number of Topliss-reactive ketones (excluding diaryl/α,β-unsaturated/α-hetero) is 1. The first-order valence-electron chi connectivity index (χ1n) is 7.80. The SMILES string of the molecule is CC(=O)c1cc(C#N)c(SCC(=O)N2CC(C)OC(C)C2)nc1C. The van der Waals surface area contributed by atoms with Crippen LogP contribution in [0.5, 0.6) is 0 Å². The second kappa shape index (κ2) is 7.77. The van der Waals surface area contributed by atoms with Crippen LogP contribution in [0, 0.1) is 18.3 Å². The summed E-state index contributed by atoms with van der Waals surface area (Å²) in [5.74, 6) is 0.0846. The van der Waals surface area contributed by atoms with Gasteiger partial charge in [-0.15, -0.1) is 0 Å². The Balaban J connectivity index is 2.09. The molecule has 2 unspecified atom stereocenters. The van der Waals surface area contributed by atoms with Gasteiger partial charge in [0.15, 0.2) is 5.78 Å². The molecular formula is C17H21N3O3S. The Morgan fingerprint density at radius 2 is 2.04 bits per heavy atom. The summed E-state index contributed by atoms with van der Waals surface area (Å²) < 4.78 is 5.63. The predicted octanol–water partition coefficient (Wildman–Crippen LogP) is 2.19. The minimum atomic E-state index is -0.125. The molecule has 0 aromatic carbocycles. The zero-order valence-electron chi connectivity index (χ0n) is 14.3. The second-order valence-corrected chi connectivity index (χ2v) is 6.95. The van der Waals surface area contributed by atoms with Gasteiger partial charge in [-0.25, -0.2) is 4.98 Å². The van der Waals surface area contributed by atoms with Gasteiger partial charge in [0, 0.05) is 24.3 Å². The molecule has 1 saturated heterocycles. The molecule has 1 aliphatic heterocycles. The molecule has 0 aliphatic carbocycles. The van der Waals surface area contributed by atoms with Crippen LogP contribution in [0.4, 0.5) is 0 Å². The van der Waals surface area contributed by atoms with E-state index in [1.807, 2.05) is 13.8 Å². The van der Waals surface area contributed by atoms with Crippen LogP contribution in [-0.2, 0) is 9.53 Å². The van der Waals surface area contributed by atoms with Crippen LogP contribution >= 0.6 is 11.8 Å². The molecule has 0 spiro atoms. The minimum absolute atomic E-state index is 0.000914. The summed E-state index contributed by atoms with van der Waals surface area (Å²) in [6, 6.07) is 3.61. The average molecular weight is 347 g/mol. The molecule has 2 atom stereocenters. The number of hydrogen-bond donors (Lipinski definition) is 0. The predicted molar refractivity (Wildman–Crippen MR) is 91.0 cm³/mol. The molecule has 1 aromatic rings. The van der Waals surface area contributed by atoms with E-state index in [0.717, 1.165) is 0 Å². The molecular weight excluding hydrogens is 326 g/mol. The fourth-order valence-corrected chi connectivity index (χ4v) is 3.64. The molecule has 24 heavy (non-hydrogen) atoms. The molecule has 0 radical (unpaired) electrons. The number of ether oxygens (including phenoxy) is 1. The topological polar surface area (TPSA) is 83.3 Å². The number of carbonyl (C=O) groups is 2. The lowest BCUT2D eigenvalue weighted by Gasteiger charge is -2.35. The molecule has 0 bridgehead atoms. The van der Waals surface area contributed by atoms with E-state index in [2.05, 4.69) is 11.1 Å². The van der Waals surface area contributed by atoms with Gasteiger partial charge < -0.3 is 9.64 Å². The molecule has 1 amide bonds. The fraction of sp³-hybridized carbons (Fsp3) is 0.529. The number of aromatic nitrogens is 1. The standard InChI is InChI=1S/C17H21N3O3S/c1-10-7-20(8-11(2)23-10)16(22)9-24-17-14(6-18)5-15(13(4)21)12(3)19-17/h5,10-11H,7-9H2,1-4H3. The van der Waals surface area contributed by atoms with Crippen molar-refractivity contribution in [2.75, 3.05) is 18.8 Å². The zero-order chi connectivity index (χ0) is 17.9. The van der Waals surface area contributed by atoms with Crippen molar-refractivity contribution in [1.82, 2.24) is 9.88 Å². The molecule has 2 rings (SSSR count). The molecule has 1 aliphatic rings. The smallest absolute Gasteiger partial charge is 0.233 e. The number of amides is 1. The fourth-order valence-electron chi connectivity index (χ4n) is 2.73. The molecule has 128 valence electrons. The number of carbonyl (C=O) groups excluding carboxylic acids is 2. The van der Waals surface area contributed by atoms with Gasteiger partial charge in [-0.05, 0) is 33.8 Å². The van der Waals surface area contributed by atoms with E-state index < -0.39 is 0 Å². The Morgan fingerprint density at radius 1 is 1.42 bits per heavy atom. The summed E-state index contributed by atoms with van der Waals surface area (Å²) in [7, 11) is 0. The number of aryl methyl sites for hydroxylation is 1. The average Bonchev–Trinajstić information content (AvgIpc) is 2.51. The van der Waals surface area contributed by atoms with Crippen molar-refractivity contribution in [3.05, 3.63) is 22.9 Å². The lowest BCUT2D eigenvalue weighted by atomic mass is 10.1. The van der Waals surface area contributed by atoms with Crippen molar-refractivity contribution in [3.63, 3.8) is 0 Å². The van der Waals surface area contributed by atoms with Crippen LogP contribution in [-0.4, -0.2) is 52.6 Å².